The van der Waals surface area contributed by atoms with Gasteiger partial charge in [-0.2, -0.15) is 0 Å². The average molecular weight is 318 g/mol. The van der Waals surface area contributed by atoms with Crippen LogP contribution in [0.4, 0.5) is 11.6 Å². The van der Waals surface area contributed by atoms with Gasteiger partial charge in [-0.05, 0) is 44.2 Å². The van der Waals surface area contributed by atoms with Gasteiger partial charge < -0.3 is 10.2 Å². The maximum atomic E-state index is 12.2. The molecule has 0 bridgehead atoms. The second-order valence-electron chi connectivity index (χ2n) is 5.54. The Morgan fingerprint density at radius 1 is 1.23 bits per heavy atom. The maximum absolute atomic E-state index is 12.2. The van der Waals surface area contributed by atoms with Crippen molar-refractivity contribution in [3.63, 3.8) is 0 Å². The minimum Gasteiger partial charge on any atom is -0.347 e. The number of thiophene rings is 1. The van der Waals surface area contributed by atoms with Gasteiger partial charge in [0, 0.05) is 25.4 Å². The van der Waals surface area contributed by atoms with Crippen molar-refractivity contribution in [1.29, 1.82) is 0 Å². The van der Waals surface area contributed by atoms with Crippen LogP contribution in [0.3, 0.4) is 0 Å². The standard InChI is InChI=1S/C16H22N4OS/c1-10-8-9-22-13(10)6-7-14(21)19-15-11(2)17-16(20(4)5)18-12(15)3/h8-9H,6-7H2,1-5H3,(H,19,21). The summed E-state index contributed by atoms with van der Waals surface area (Å²) in [5.74, 6) is 0.655. The van der Waals surface area contributed by atoms with Gasteiger partial charge in [0.15, 0.2) is 0 Å². The summed E-state index contributed by atoms with van der Waals surface area (Å²) in [5, 5.41) is 5.01. The normalized spacial score (nSPS) is 10.6. The Kier molecular flexibility index (Phi) is 5.13. The van der Waals surface area contributed by atoms with Crippen molar-refractivity contribution in [2.45, 2.75) is 33.6 Å². The van der Waals surface area contributed by atoms with Crippen LogP contribution in [-0.4, -0.2) is 30.0 Å². The molecular weight excluding hydrogens is 296 g/mol. The molecule has 1 N–H and O–H groups in total. The predicted octanol–water partition coefficient (Wildman–Crippen LogP) is 3.10. The molecule has 0 saturated carbocycles. The molecule has 2 heterocycles. The number of aromatic nitrogens is 2. The molecule has 0 saturated heterocycles. The monoisotopic (exact) mass is 318 g/mol. The molecule has 2 rings (SSSR count). The highest BCUT2D eigenvalue weighted by molar-refractivity contribution is 7.10. The largest absolute Gasteiger partial charge is 0.347 e. The van der Waals surface area contributed by atoms with E-state index in [2.05, 4.69) is 33.7 Å². The van der Waals surface area contributed by atoms with Crippen LogP contribution in [0.15, 0.2) is 11.4 Å². The van der Waals surface area contributed by atoms with E-state index in [-0.39, 0.29) is 5.91 Å². The Morgan fingerprint density at radius 2 is 1.86 bits per heavy atom. The van der Waals surface area contributed by atoms with Crippen molar-refractivity contribution in [1.82, 2.24) is 9.97 Å². The Bertz CT molecular complexity index is 656. The molecule has 2 aromatic rings. The van der Waals surface area contributed by atoms with Crippen molar-refractivity contribution in [2.24, 2.45) is 0 Å². The molecule has 0 aliphatic heterocycles. The van der Waals surface area contributed by atoms with Crippen LogP contribution in [-0.2, 0) is 11.2 Å². The molecule has 0 fully saturated rings. The number of amides is 1. The van der Waals surface area contributed by atoms with Gasteiger partial charge in [-0.1, -0.05) is 0 Å². The van der Waals surface area contributed by atoms with E-state index in [1.54, 1.807) is 11.3 Å². The maximum Gasteiger partial charge on any atom is 0.225 e. The SMILES string of the molecule is Cc1ccsc1CCC(=O)Nc1c(C)nc(N(C)C)nc1C. The first kappa shape index (κ1) is 16.4. The van der Waals surface area contributed by atoms with Crippen LogP contribution in [0.25, 0.3) is 0 Å². The molecule has 0 spiro atoms. The molecular formula is C16H22N4OS. The lowest BCUT2D eigenvalue weighted by atomic mass is 10.2. The van der Waals surface area contributed by atoms with Gasteiger partial charge in [0.1, 0.15) is 0 Å². The van der Waals surface area contributed by atoms with Gasteiger partial charge in [0.05, 0.1) is 17.1 Å². The minimum absolute atomic E-state index is 0.000188. The summed E-state index contributed by atoms with van der Waals surface area (Å²) in [6.45, 7) is 5.85. The van der Waals surface area contributed by atoms with Crippen molar-refractivity contribution in [3.05, 3.63) is 33.3 Å². The first-order chi connectivity index (χ1) is 10.4. The topological polar surface area (TPSA) is 58.1 Å². The number of carbonyl (C=O) groups excluding carboxylic acids is 1. The van der Waals surface area contributed by atoms with Gasteiger partial charge in [0.25, 0.3) is 0 Å². The van der Waals surface area contributed by atoms with E-state index >= 15 is 0 Å². The van der Waals surface area contributed by atoms with Crippen LogP contribution in [0.2, 0.25) is 0 Å². The average Bonchev–Trinajstić information content (AvgIpc) is 2.85. The molecule has 0 unspecified atom stereocenters. The Morgan fingerprint density at radius 3 is 2.36 bits per heavy atom. The Labute approximate surface area is 135 Å². The van der Waals surface area contributed by atoms with Gasteiger partial charge in [-0.3, -0.25) is 4.79 Å². The lowest BCUT2D eigenvalue weighted by Crippen LogP contribution is -2.18. The van der Waals surface area contributed by atoms with E-state index < -0.39 is 0 Å². The first-order valence-corrected chi connectivity index (χ1v) is 8.12. The molecule has 0 aliphatic rings. The van der Waals surface area contributed by atoms with E-state index in [0.29, 0.717) is 12.4 Å². The second kappa shape index (κ2) is 6.87. The number of carbonyl (C=O) groups is 1. The number of rotatable bonds is 5. The van der Waals surface area contributed by atoms with Crippen LogP contribution >= 0.6 is 11.3 Å². The van der Waals surface area contributed by atoms with E-state index in [1.807, 2.05) is 32.8 Å². The summed E-state index contributed by atoms with van der Waals surface area (Å²) in [5.41, 5.74) is 3.55. The fourth-order valence-electron chi connectivity index (χ4n) is 2.17. The van der Waals surface area contributed by atoms with Crippen LogP contribution in [0, 0.1) is 20.8 Å². The summed E-state index contributed by atoms with van der Waals surface area (Å²) in [6.07, 6.45) is 1.24. The molecule has 2 aromatic heterocycles. The number of nitrogens with one attached hydrogen (secondary N) is 1. The molecule has 6 heteroatoms. The smallest absolute Gasteiger partial charge is 0.225 e. The van der Waals surface area contributed by atoms with E-state index in [1.165, 1.54) is 10.4 Å². The highest BCUT2D eigenvalue weighted by Gasteiger charge is 2.13. The lowest BCUT2D eigenvalue weighted by Gasteiger charge is -2.15. The van der Waals surface area contributed by atoms with Crippen molar-refractivity contribution >= 4 is 28.9 Å². The number of hydrogen-bond donors (Lipinski definition) is 1. The van der Waals surface area contributed by atoms with Gasteiger partial charge in [0.2, 0.25) is 11.9 Å². The van der Waals surface area contributed by atoms with E-state index in [0.717, 1.165) is 23.5 Å². The summed E-state index contributed by atoms with van der Waals surface area (Å²) in [4.78, 5) is 24.1. The molecule has 22 heavy (non-hydrogen) atoms. The first-order valence-electron chi connectivity index (χ1n) is 7.24. The molecule has 0 radical (unpaired) electrons. The predicted molar refractivity (Wildman–Crippen MR) is 91.8 cm³/mol. The van der Waals surface area contributed by atoms with E-state index in [9.17, 15) is 4.79 Å². The number of aryl methyl sites for hydroxylation is 4. The molecule has 0 atom stereocenters. The Balaban J connectivity index is 2.04. The molecule has 1 amide bonds. The summed E-state index contributed by atoms with van der Waals surface area (Å²) in [7, 11) is 3.80. The highest BCUT2D eigenvalue weighted by Crippen LogP contribution is 2.21. The zero-order valence-electron chi connectivity index (χ0n) is 13.7. The van der Waals surface area contributed by atoms with Crippen molar-refractivity contribution in [2.75, 3.05) is 24.3 Å². The van der Waals surface area contributed by atoms with Crippen LogP contribution in [0.1, 0.15) is 28.2 Å². The molecule has 0 aliphatic carbocycles. The summed E-state index contributed by atoms with van der Waals surface area (Å²) >= 11 is 1.70. The van der Waals surface area contributed by atoms with Crippen molar-refractivity contribution < 1.29 is 4.79 Å². The summed E-state index contributed by atoms with van der Waals surface area (Å²) < 4.78 is 0. The zero-order valence-corrected chi connectivity index (χ0v) is 14.5. The fourth-order valence-corrected chi connectivity index (χ4v) is 3.08. The summed E-state index contributed by atoms with van der Waals surface area (Å²) in [6, 6.07) is 2.08. The quantitative estimate of drug-likeness (QED) is 0.920. The van der Waals surface area contributed by atoms with Gasteiger partial charge in [-0.15, -0.1) is 11.3 Å². The third-order valence-electron chi connectivity index (χ3n) is 3.47. The van der Waals surface area contributed by atoms with Crippen LogP contribution in [0.5, 0.6) is 0 Å². The van der Waals surface area contributed by atoms with Gasteiger partial charge in [-0.25, -0.2) is 9.97 Å². The molecule has 0 aromatic carbocycles. The number of nitrogens with zero attached hydrogens (tertiary/aromatic N) is 3. The zero-order chi connectivity index (χ0) is 16.3. The molecule has 5 nitrogen and oxygen atoms in total. The Hall–Kier alpha value is -1.95. The van der Waals surface area contributed by atoms with Gasteiger partial charge >= 0.3 is 0 Å². The highest BCUT2D eigenvalue weighted by atomic mass is 32.1. The number of hydrogen-bond acceptors (Lipinski definition) is 5. The third kappa shape index (κ3) is 3.82. The van der Waals surface area contributed by atoms with Crippen molar-refractivity contribution in [3.8, 4) is 0 Å². The number of anilines is 2. The van der Waals surface area contributed by atoms with Crippen LogP contribution < -0.4 is 10.2 Å². The lowest BCUT2D eigenvalue weighted by molar-refractivity contribution is -0.116. The molecule has 118 valence electrons. The minimum atomic E-state index is 0.000188. The van der Waals surface area contributed by atoms with E-state index in [4.69, 9.17) is 0 Å². The second-order valence-corrected chi connectivity index (χ2v) is 6.54. The fraction of sp³-hybridized carbons (Fsp3) is 0.438. The third-order valence-corrected chi connectivity index (χ3v) is 4.55.